The summed E-state index contributed by atoms with van der Waals surface area (Å²) in [7, 11) is 0. The second-order valence-electron chi connectivity index (χ2n) is 7.68. The van der Waals surface area contributed by atoms with E-state index in [9.17, 15) is 15.2 Å². The number of hydrogen-bond acceptors (Lipinski definition) is 9. The Morgan fingerprint density at radius 1 is 1.17 bits per heavy atom. The van der Waals surface area contributed by atoms with Crippen molar-refractivity contribution in [3.63, 3.8) is 0 Å². The molecule has 0 fully saturated rings. The normalized spacial score (nSPS) is 11.0. The molecule has 0 bridgehead atoms. The predicted octanol–water partition coefficient (Wildman–Crippen LogP) is 3.53. The van der Waals surface area contributed by atoms with Gasteiger partial charge < -0.3 is 21.1 Å². The number of nitrogens with two attached hydrogens (primary N) is 2. The van der Waals surface area contributed by atoms with Gasteiger partial charge in [-0.1, -0.05) is 41.4 Å². The zero-order valence-electron chi connectivity index (χ0n) is 18.1. The fraction of sp³-hybridized carbons (Fsp3) is 0.0417. The van der Waals surface area contributed by atoms with Gasteiger partial charge in [0.2, 0.25) is 5.69 Å². The molecule has 0 spiro atoms. The Morgan fingerprint density at radius 2 is 1.86 bits per heavy atom. The van der Waals surface area contributed by atoms with Gasteiger partial charge in [-0.05, 0) is 29.3 Å². The summed E-state index contributed by atoms with van der Waals surface area (Å²) in [5.74, 6) is -1.60. The van der Waals surface area contributed by atoms with Crippen LogP contribution >= 0.6 is 22.9 Å². The van der Waals surface area contributed by atoms with Crippen molar-refractivity contribution in [2.75, 3.05) is 11.5 Å². The summed E-state index contributed by atoms with van der Waals surface area (Å²) >= 11 is 7.00. The highest BCUT2D eigenvalue weighted by atomic mass is 35.5. The van der Waals surface area contributed by atoms with Crippen molar-refractivity contribution >= 4 is 50.4 Å². The molecule has 0 aliphatic heterocycles. The molecule has 5 rings (SSSR count). The number of ketones is 1. The number of fused-ring (bicyclic) bond motifs is 1. The van der Waals surface area contributed by atoms with Crippen molar-refractivity contribution < 1.29 is 19.1 Å². The molecular weight excluding hydrogens is 488 g/mol. The third-order valence-corrected chi connectivity index (χ3v) is 6.81. The van der Waals surface area contributed by atoms with Gasteiger partial charge in [0.05, 0.1) is 11.0 Å². The molecule has 0 saturated carbocycles. The first-order valence-electron chi connectivity index (χ1n) is 10.2. The summed E-state index contributed by atoms with van der Waals surface area (Å²) < 4.78 is 5.94. The molecule has 0 aliphatic carbocycles. The van der Waals surface area contributed by atoms with Crippen LogP contribution in [0.4, 0.5) is 11.5 Å². The van der Waals surface area contributed by atoms with E-state index >= 15 is 0 Å². The van der Waals surface area contributed by atoms with Crippen LogP contribution in [0.25, 0.3) is 27.0 Å². The number of rotatable bonds is 4. The highest BCUT2D eigenvalue weighted by molar-refractivity contribution is 7.21. The standard InChI is InChI=1S/C24H15ClN6O3S/c1-11-2-8-14(9-3-11)31-19(24(33)34-30-31)20(32)21-18(27)17-16(12-4-6-13(25)7-5-12)15(10-26)22(28)29-23(17)35-21/h2-9H,1H3,(H4-,27,28,29,30,32,33). The van der Waals surface area contributed by atoms with Crippen LogP contribution in [0.3, 0.4) is 0 Å². The Hall–Kier alpha value is -4.46. The topological polar surface area (TPSA) is 159 Å². The summed E-state index contributed by atoms with van der Waals surface area (Å²) in [6, 6.07) is 15.9. The number of thiophene rings is 1. The molecule has 172 valence electrons. The Labute approximate surface area is 207 Å². The van der Waals surface area contributed by atoms with Crippen LogP contribution in [0, 0.1) is 18.3 Å². The predicted molar refractivity (Wildman–Crippen MR) is 129 cm³/mol. The molecule has 4 N–H and O–H groups in total. The lowest BCUT2D eigenvalue weighted by molar-refractivity contribution is -0.672. The fourth-order valence-corrected chi connectivity index (χ4v) is 4.94. The molecule has 2 aromatic carbocycles. The number of carbonyl (C=O) groups excluding carboxylic acids is 1. The van der Waals surface area contributed by atoms with Crippen LogP contribution in [0.15, 0.2) is 53.1 Å². The number of anilines is 2. The van der Waals surface area contributed by atoms with Crippen LogP contribution in [0.2, 0.25) is 5.02 Å². The Balaban J connectivity index is 1.74. The average Bonchev–Trinajstić information content (AvgIpc) is 3.38. The number of aryl methyl sites for hydroxylation is 1. The van der Waals surface area contributed by atoms with Crippen molar-refractivity contribution in [1.29, 1.82) is 5.26 Å². The maximum absolute atomic E-state index is 13.6. The van der Waals surface area contributed by atoms with Gasteiger partial charge in [-0.25, -0.2) is 4.98 Å². The largest absolute Gasteiger partial charge is 0.539 e. The summed E-state index contributed by atoms with van der Waals surface area (Å²) in [5.41, 5.74) is 14.9. The molecule has 11 heteroatoms. The molecule has 9 nitrogen and oxygen atoms in total. The van der Waals surface area contributed by atoms with E-state index in [1.807, 2.05) is 19.1 Å². The molecule has 0 amide bonds. The van der Waals surface area contributed by atoms with E-state index < -0.39 is 11.7 Å². The first kappa shape index (κ1) is 22.3. The van der Waals surface area contributed by atoms with Crippen LogP contribution in [0.5, 0.6) is 5.95 Å². The van der Waals surface area contributed by atoms with Gasteiger partial charge in [-0.15, -0.1) is 11.3 Å². The Morgan fingerprint density at radius 3 is 2.51 bits per heavy atom. The van der Waals surface area contributed by atoms with Gasteiger partial charge in [0, 0.05) is 28.1 Å². The van der Waals surface area contributed by atoms with E-state index in [1.54, 1.807) is 36.4 Å². The quantitative estimate of drug-likeness (QED) is 0.279. The zero-order chi connectivity index (χ0) is 24.9. The third kappa shape index (κ3) is 3.63. The van der Waals surface area contributed by atoms with Gasteiger partial charge in [0.1, 0.15) is 27.2 Å². The monoisotopic (exact) mass is 502 g/mol. The van der Waals surface area contributed by atoms with Crippen molar-refractivity contribution in [3.8, 4) is 28.8 Å². The van der Waals surface area contributed by atoms with Gasteiger partial charge in [-0.3, -0.25) is 4.79 Å². The van der Waals surface area contributed by atoms with Crippen LogP contribution in [0.1, 0.15) is 26.5 Å². The highest BCUT2D eigenvalue weighted by Gasteiger charge is 2.33. The molecule has 0 saturated heterocycles. The highest BCUT2D eigenvalue weighted by Crippen LogP contribution is 2.43. The number of carbonyl (C=O) groups is 1. The summed E-state index contributed by atoms with van der Waals surface area (Å²) in [6.45, 7) is 1.91. The van der Waals surface area contributed by atoms with Crippen molar-refractivity contribution in [1.82, 2.24) is 10.3 Å². The van der Waals surface area contributed by atoms with E-state index in [2.05, 4.69) is 16.3 Å². The number of benzene rings is 2. The first-order chi connectivity index (χ1) is 16.8. The minimum atomic E-state index is -0.907. The molecule has 0 radical (unpaired) electrons. The first-order valence-corrected chi connectivity index (χ1v) is 11.4. The van der Waals surface area contributed by atoms with Crippen LogP contribution in [-0.4, -0.2) is 16.0 Å². The maximum Gasteiger partial charge on any atom is 0.312 e. The van der Waals surface area contributed by atoms with Crippen LogP contribution < -0.4 is 21.3 Å². The lowest BCUT2D eigenvalue weighted by Gasteiger charge is -2.09. The van der Waals surface area contributed by atoms with E-state index in [0.29, 0.717) is 32.1 Å². The molecular formula is C24H15ClN6O3S. The lowest BCUT2D eigenvalue weighted by atomic mass is 9.97. The van der Waals surface area contributed by atoms with Gasteiger partial charge in [-0.2, -0.15) is 5.26 Å². The van der Waals surface area contributed by atoms with E-state index in [1.165, 1.54) is 0 Å². The summed E-state index contributed by atoms with van der Waals surface area (Å²) in [4.78, 5) is 18.3. The SMILES string of the molecule is Cc1ccc(-[n+]2noc([O-])c2C(=O)c2sc3nc(N)c(C#N)c(-c4ccc(Cl)cc4)c3c2N)cc1. The number of nitrogen functional groups attached to an aromatic ring is 2. The molecule has 35 heavy (non-hydrogen) atoms. The van der Waals surface area contributed by atoms with Gasteiger partial charge in [0.15, 0.2) is 5.95 Å². The van der Waals surface area contributed by atoms with E-state index in [0.717, 1.165) is 21.6 Å². The van der Waals surface area contributed by atoms with Crippen LogP contribution in [-0.2, 0) is 0 Å². The number of nitriles is 1. The molecule has 3 heterocycles. The average molecular weight is 503 g/mol. The van der Waals surface area contributed by atoms with Crippen molar-refractivity contribution in [2.24, 2.45) is 0 Å². The Bertz CT molecular complexity index is 1670. The second kappa shape index (κ2) is 8.39. The molecule has 0 atom stereocenters. The smallest absolute Gasteiger partial charge is 0.312 e. The lowest BCUT2D eigenvalue weighted by Crippen LogP contribution is -2.39. The van der Waals surface area contributed by atoms with Crippen molar-refractivity contribution in [3.05, 3.63) is 75.3 Å². The molecule has 0 aliphatic rings. The van der Waals surface area contributed by atoms with Gasteiger partial charge >= 0.3 is 5.69 Å². The molecule has 5 aromatic rings. The second-order valence-corrected chi connectivity index (χ2v) is 9.11. The molecule has 0 unspecified atom stereocenters. The number of halogens is 1. The number of pyridine rings is 1. The fourth-order valence-electron chi connectivity index (χ4n) is 3.76. The summed E-state index contributed by atoms with van der Waals surface area (Å²) in [6.07, 6.45) is 0. The Kier molecular flexibility index (Phi) is 5.36. The minimum absolute atomic E-state index is 0.00518. The minimum Gasteiger partial charge on any atom is -0.539 e. The zero-order valence-corrected chi connectivity index (χ0v) is 19.6. The van der Waals surface area contributed by atoms with Gasteiger partial charge in [0.25, 0.3) is 5.78 Å². The maximum atomic E-state index is 13.6. The summed E-state index contributed by atoms with van der Waals surface area (Å²) in [5, 5.41) is 26.9. The van der Waals surface area contributed by atoms with E-state index in [-0.39, 0.29) is 27.6 Å². The van der Waals surface area contributed by atoms with Crippen molar-refractivity contribution in [2.45, 2.75) is 6.92 Å². The third-order valence-electron chi connectivity index (χ3n) is 5.46. The number of aromatic nitrogens is 3. The number of hydrogen-bond donors (Lipinski definition) is 2. The van der Waals surface area contributed by atoms with E-state index in [4.69, 9.17) is 27.6 Å². The molecule has 3 aromatic heterocycles. The number of nitrogens with zero attached hydrogens (tertiary/aromatic N) is 4.